The average molecular weight is 402 g/mol. The zero-order chi connectivity index (χ0) is 17.8. The number of methoxy groups -OCH3 is 1. The lowest BCUT2D eigenvalue weighted by molar-refractivity contribution is -0.116. The monoisotopic (exact) mass is 401 g/mol. The molecule has 0 atom stereocenters. The number of benzene rings is 2. The third-order valence-corrected chi connectivity index (χ3v) is 4.21. The molecule has 3 aromatic rings. The number of hydrogen-bond donors (Lipinski definition) is 1. The second-order valence-electron chi connectivity index (χ2n) is 5.43. The normalized spacial score (nSPS) is 10.6. The molecular weight excluding hydrogens is 386 g/mol. The van der Waals surface area contributed by atoms with Crippen molar-refractivity contribution in [3.63, 3.8) is 0 Å². The molecule has 0 unspecified atom stereocenters. The van der Waals surface area contributed by atoms with E-state index in [9.17, 15) is 9.59 Å². The van der Waals surface area contributed by atoms with Crippen molar-refractivity contribution < 1.29 is 9.53 Å². The Morgan fingerprint density at radius 3 is 2.92 bits per heavy atom. The van der Waals surface area contributed by atoms with Gasteiger partial charge in [0.1, 0.15) is 5.75 Å². The van der Waals surface area contributed by atoms with Crippen LogP contribution in [0.5, 0.6) is 5.75 Å². The second kappa shape index (κ2) is 7.48. The Morgan fingerprint density at radius 2 is 2.12 bits per heavy atom. The summed E-state index contributed by atoms with van der Waals surface area (Å²) in [6.45, 7) is 0.254. The van der Waals surface area contributed by atoms with Crippen LogP contribution in [0, 0.1) is 0 Å². The van der Waals surface area contributed by atoms with E-state index in [1.54, 1.807) is 43.5 Å². The van der Waals surface area contributed by atoms with Crippen molar-refractivity contribution in [2.24, 2.45) is 0 Å². The molecule has 0 saturated heterocycles. The number of fused-ring (bicyclic) bond motifs is 1. The summed E-state index contributed by atoms with van der Waals surface area (Å²) in [7, 11) is 1.57. The number of nitrogens with zero attached hydrogens (tertiary/aromatic N) is 2. The molecule has 6 nitrogen and oxygen atoms in total. The maximum absolute atomic E-state index is 12.5. The van der Waals surface area contributed by atoms with Crippen molar-refractivity contribution >= 4 is 38.4 Å². The Hall–Kier alpha value is -2.67. The fraction of sp³-hybridized carbons (Fsp3) is 0.167. The quantitative estimate of drug-likeness (QED) is 0.712. The molecule has 25 heavy (non-hydrogen) atoms. The Labute approximate surface area is 152 Å². The molecule has 1 heterocycles. The number of anilines is 1. The summed E-state index contributed by atoms with van der Waals surface area (Å²) in [5, 5.41) is 3.31. The molecule has 1 amide bonds. The van der Waals surface area contributed by atoms with Gasteiger partial charge in [-0.25, -0.2) is 4.98 Å². The molecule has 0 fully saturated rings. The highest BCUT2D eigenvalue weighted by molar-refractivity contribution is 9.10. The van der Waals surface area contributed by atoms with Gasteiger partial charge in [-0.2, -0.15) is 0 Å². The molecule has 0 spiro atoms. The highest BCUT2D eigenvalue weighted by Gasteiger charge is 2.08. The first-order valence-corrected chi connectivity index (χ1v) is 8.45. The largest absolute Gasteiger partial charge is 0.497 e. The van der Waals surface area contributed by atoms with E-state index in [0.29, 0.717) is 22.3 Å². The molecule has 0 radical (unpaired) electrons. The smallest absolute Gasteiger partial charge is 0.261 e. The maximum atomic E-state index is 12.5. The van der Waals surface area contributed by atoms with Crippen LogP contribution in [0.25, 0.3) is 10.9 Å². The maximum Gasteiger partial charge on any atom is 0.261 e. The lowest BCUT2D eigenvalue weighted by atomic mass is 10.2. The van der Waals surface area contributed by atoms with Crippen molar-refractivity contribution in [2.75, 3.05) is 12.4 Å². The van der Waals surface area contributed by atoms with E-state index in [0.717, 1.165) is 4.47 Å². The van der Waals surface area contributed by atoms with Gasteiger partial charge in [0.05, 0.1) is 24.3 Å². The van der Waals surface area contributed by atoms with Gasteiger partial charge in [0, 0.05) is 29.2 Å². The molecule has 0 aliphatic heterocycles. The van der Waals surface area contributed by atoms with Crippen molar-refractivity contribution in [3.05, 3.63) is 63.6 Å². The molecule has 128 valence electrons. The molecular formula is C18H16BrN3O3. The van der Waals surface area contributed by atoms with Crippen molar-refractivity contribution in [3.8, 4) is 5.75 Å². The van der Waals surface area contributed by atoms with Crippen LogP contribution in [-0.4, -0.2) is 22.6 Å². The summed E-state index contributed by atoms with van der Waals surface area (Å²) in [5.41, 5.74) is 1.11. The Kier molecular flexibility index (Phi) is 5.14. The van der Waals surface area contributed by atoms with E-state index in [1.165, 1.54) is 10.9 Å². The highest BCUT2D eigenvalue weighted by atomic mass is 79.9. The number of ether oxygens (including phenoxy) is 1. The highest BCUT2D eigenvalue weighted by Crippen LogP contribution is 2.17. The average Bonchev–Trinajstić information content (AvgIpc) is 2.62. The Bertz CT molecular complexity index is 985. The second-order valence-corrected chi connectivity index (χ2v) is 6.35. The Balaban J connectivity index is 1.70. The third-order valence-electron chi connectivity index (χ3n) is 3.72. The van der Waals surface area contributed by atoms with E-state index in [-0.39, 0.29) is 24.4 Å². The summed E-state index contributed by atoms with van der Waals surface area (Å²) in [6, 6.07) is 12.5. The molecule has 0 aliphatic rings. The first kappa shape index (κ1) is 17.2. The number of amides is 1. The first-order valence-electron chi connectivity index (χ1n) is 7.65. The Morgan fingerprint density at radius 1 is 1.28 bits per heavy atom. The van der Waals surface area contributed by atoms with Gasteiger partial charge in [0.2, 0.25) is 5.91 Å². The third kappa shape index (κ3) is 4.06. The van der Waals surface area contributed by atoms with Crippen molar-refractivity contribution in [1.82, 2.24) is 9.55 Å². The fourth-order valence-electron chi connectivity index (χ4n) is 2.44. The molecule has 0 saturated carbocycles. The summed E-state index contributed by atoms with van der Waals surface area (Å²) < 4.78 is 7.38. The van der Waals surface area contributed by atoms with Gasteiger partial charge in [0.25, 0.3) is 5.56 Å². The molecule has 3 rings (SSSR count). The van der Waals surface area contributed by atoms with Crippen LogP contribution in [0.1, 0.15) is 6.42 Å². The van der Waals surface area contributed by atoms with Gasteiger partial charge >= 0.3 is 0 Å². The number of halogens is 1. The predicted molar refractivity (Wildman–Crippen MR) is 99.9 cm³/mol. The number of carbonyl (C=O) groups excluding carboxylic acids is 1. The van der Waals surface area contributed by atoms with Crippen LogP contribution >= 0.6 is 15.9 Å². The van der Waals surface area contributed by atoms with Crippen LogP contribution in [0.15, 0.2) is 58.1 Å². The number of aromatic nitrogens is 2. The lowest BCUT2D eigenvalue weighted by Gasteiger charge is -2.09. The van der Waals surface area contributed by atoms with Crippen molar-refractivity contribution in [2.45, 2.75) is 13.0 Å². The number of rotatable bonds is 5. The van der Waals surface area contributed by atoms with Crippen LogP contribution in [0.4, 0.5) is 5.69 Å². The summed E-state index contributed by atoms with van der Waals surface area (Å²) in [6.07, 6.45) is 1.63. The number of nitrogens with one attached hydrogen (secondary N) is 1. The van der Waals surface area contributed by atoms with Crippen LogP contribution in [0.3, 0.4) is 0 Å². The number of aryl methyl sites for hydroxylation is 1. The first-order chi connectivity index (χ1) is 12.1. The van der Waals surface area contributed by atoms with Gasteiger partial charge < -0.3 is 10.1 Å². The topological polar surface area (TPSA) is 73.2 Å². The zero-order valence-electron chi connectivity index (χ0n) is 13.5. The summed E-state index contributed by atoms with van der Waals surface area (Å²) in [4.78, 5) is 28.9. The van der Waals surface area contributed by atoms with Crippen molar-refractivity contribution in [1.29, 1.82) is 0 Å². The minimum absolute atomic E-state index is 0.165. The van der Waals surface area contributed by atoms with Crippen LogP contribution in [-0.2, 0) is 11.3 Å². The lowest BCUT2D eigenvalue weighted by Crippen LogP contribution is -2.23. The number of hydrogen-bond acceptors (Lipinski definition) is 4. The SMILES string of the molecule is COc1cccc(NC(=O)CCn2cnc3ccc(Br)cc3c2=O)c1. The van der Waals surface area contributed by atoms with E-state index in [2.05, 4.69) is 26.2 Å². The van der Waals surface area contributed by atoms with Gasteiger partial charge in [-0.05, 0) is 30.3 Å². The molecule has 0 aliphatic carbocycles. The standard InChI is InChI=1S/C18H16BrN3O3/c1-25-14-4-2-3-13(10-14)21-17(23)7-8-22-11-20-16-6-5-12(19)9-15(16)18(22)24/h2-6,9-11H,7-8H2,1H3,(H,21,23). The van der Waals surface area contributed by atoms with Crippen LogP contribution in [0.2, 0.25) is 0 Å². The zero-order valence-corrected chi connectivity index (χ0v) is 15.1. The van der Waals surface area contributed by atoms with E-state index < -0.39 is 0 Å². The molecule has 1 N–H and O–H groups in total. The van der Waals surface area contributed by atoms with E-state index in [4.69, 9.17) is 4.74 Å². The van der Waals surface area contributed by atoms with Gasteiger partial charge in [-0.3, -0.25) is 14.2 Å². The molecule has 7 heteroatoms. The minimum Gasteiger partial charge on any atom is -0.497 e. The molecule has 2 aromatic carbocycles. The number of carbonyl (C=O) groups is 1. The predicted octanol–water partition coefficient (Wildman–Crippen LogP) is 3.20. The minimum atomic E-state index is -0.186. The molecule has 1 aromatic heterocycles. The van der Waals surface area contributed by atoms with Gasteiger partial charge in [-0.1, -0.05) is 22.0 Å². The fourth-order valence-corrected chi connectivity index (χ4v) is 2.80. The van der Waals surface area contributed by atoms with Gasteiger partial charge in [0.15, 0.2) is 0 Å². The summed E-state index contributed by atoms with van der Waals surface area (Å²) in [5.74, 6) is 0.479. The summed E-state index contributed by atoms with van der Waals surface area (Å²) >= 11 is 3.35. The van der Waals surface area contributed by atoms with Gasteiger partial charge in [-0.15, -0.1) is 0 Å². The molecule has 0 bridgehead atoms. The van der Waals surface area contributed by atoms with Crippen LogP contribution < -0.4 is 15.6 Å². The van der Waals surface area contributed by atoms with E-state index >= 15 is 0 Å². The van der Waals surface area contributed by atoms with E-state index in [1.807, 2.05) is 6.07 Å².